The van der Waals surface area contributed by atoms with Crippen molar-refractivity contribution in [3.05, 3.63) is 97.2 Å². The van der Waals surface area contributed by atoms with E-state index in [9.17, 15) is 14.4 Å². The summed E-state index contributed by atoms with van der Waals surface area (Å²) in [5.74, 6) is -0.936. The highest BCUT2D eigenvalue weighted by Crippen LogP contribution is 2.16. The van der Waals surface area contributed by atoms with Crippen molar-refractivity contribution >= 4 is 17.9 Å². The number of carbonyl (C=O) groups excluding carboxylic acids is 3. The second-order valence-electron chi connectivity index (χ2n) is 20.2. The van der Waals surface area contributed by atoms with Crippen LogP contribution in [0.2, 0.25) is 0 Å². The number of hydrogen-bond donors (Lipinski definition) is 0. The molecule has 0 heterocycles. The standard InChI is InChI=1S/C67H114O6/c1-4-7-10-13-16-19-22-25-27-28-29-30-31-32-33-34-35-36-37-38-40-42-45-48-51-54-57-60-66(69)72-63-64(62-71-65(68)59-56-53-50-47-44-41-24-21-18-15-12-9-6-3)73-67(70)61-58-55-52-49-46-43-39-26-23-20-17-14-11-8-5-2/h8-9,11-12,17-18,20-22,25-26,28-29,39,41,44,64H,4-7,10,13-16,19,23-24,27,30-38,40,42-43,45-63H2,1-3H3/b11-8-,12-9-,20-17-,21-18-,25-22-,29-28-,39-26-,44-41-. The zero-order valence-electron chi connectivity index (χ0n) is 47.9. The normalized spacial score (nSPS) is 12.8. The Hall–Kier alpha value is -3.67. The third-order valence-electron chi connectivity index (χ3n) is 13.1. The molecule has 73 heavy (non-hydrogen) atoms. The van der Waals surface area contributed by atoms with E-state index in [2.05, 4.69) is 118 Å². The van der Waals surface area contributed by atoms with E-state index in [-0.39, 0.29) is 31.1 Å². The third-order valence-corrected chi connectivity index (χ3v) is 13.1. The molecular weight excluding hydrogens is 901 g/mol. The summed E-state index contributed by atoms with van der Waals surface area (Å²) >= 11 is 0. The van der Waals surface area contributed by atoms with Crippen LogP contribution in [0.4, 0.5) is 0 Å². The molecule has 0 radical (unpaired) electrons. The molecule has 0 aliphatic carbocycles. The number of rotatable bonds is 55. The summed E-state index contributed by atoms with van der Waals surface area (Å²) in [7, 11) is 0. The Labute approximate surface area is 451 Å². The Morgan fingerprint density at radius 2 is 0.534 bits per heavy atom. The molecule has 0 fully saturated rings. The lowest BCUT2D eigenvalue weighted by molar-refractivity contribution is -0.167. The first-order valence-electron chi connectivity index (χ1n) is 30.7. The third kappa shape index (κ3) is 59.1. The zero-order chi connectivity index (χ0) is 52.9. The topological polar surface area (TPSA) is 78.9 Å². The van der Waals surface area contributed by atoms with Gasteiger partial charge in [-0.1, -0.05) is 253 Å². The fraction of sp³-hybridized carbons (Fsp3) is 0.716. The average Bonchev–Trinajstić information content (AvgIpc) is 3.39. The van der Waals surface area contributed by atoms with Crippen molar-refractivity contribution in [3.63, 3.8) is 0 Å². The molecular formula is C67H114O6. The molecule has 1 atom stereocenters. The van der Waals surface area contributed by atoms with Gasteiger partial charge in [0.05, 0.1) is 0 Å². The van der Waals surface area contributed by atoms with Gasteiger partial charge >= 0.3 is 17.9 Å². The predicted octanol–water partition coefficient (Wildman–Crippen LogP) is 20.9. The summed E-state index contributed by atoms with van der Waals surface area (Å²) < 4.78 is 16.8. The molecule has 0 rings (SSSR count). The predicted molar refractivity (Wildman–Crippen MR) is 316 cm³/mol. The lowest BCUT2D eigenvalue weighted by Crippen LogP contribution is -2.30. The van der Waals surface area contributed by atoms with Crippen LogP contribution in [0.25, 0.3) is 0 Å². The van der Waals surface area contributed by atoms with Crippen LogP contribution in [0.15, 0.2) is 97.2 Å². The molecule has 0 aromatic carbocycles. The number of hydrogen-bond acceptors (Lipinski definition) is 6. The summed E-state index contributed by atoms with van der Waals surface area (Å²) in [6.45, 7) is 6.38. The fourth-order valence-electron chi connectivity index (χ4n) is 8.50. The summed E-state index contributed by atoms with van der Waals surface area (Å²) in [6, 6.07) is 0. The van der Waals surface area contributed by atoms with Crippen LogP contribution in [0.3, 0.4) is 0 Å². The van der Waals surface area contributed by atoms with Crippen molar-refractivity contribution in [2.24, 2.45) is 0 Å². The van der Waals surface area contributed by atoms with E-state index in [1.54, 1.807) is 0 Å². The van der Waals surface area contributed by atoms with Gasteiger partial charge in [0.1, 0.15) is 13.2 Å². The number of ether oxygens (including phenoxy) is 3. The van der Waals surface area contributed by atoms with E-state index in [0.717, 1.165) is 128 Å². The minimum atomic E-state index is -0.799. The van der Waals surface area contributed by atoms with Crippen LogP contribution in [0.5, 0.6) is 0 Å². The van der Waals surface area contributed by atoms with E-state index < -0.39 is 6.10 Å². The summed E-state index contributed by atoms with van der Waals surface area (Å²) in [4.78, 5) is 38.2. The molecule has 0 spiro atoms. The molecule has 0 bridgehead atoms. The van der Waals surface area contributed by atoms with Crippen LogP contribution in [0.1, 0.15) is 290 Å². The number of allylic oxidation sites excluding steroid dienone is 16. The Kier molecular flexibility index (Phi) is 57.8. The summed E-state index contributed by atoms with van der Waals surface area (Å²) in [5.41, 5.74) is 0. The molecule has 0 saturated heterocycles. The van der Waals surface area contributed by atoms with E-state index in [4.69, 9.17) is 14.2 Å². The lowest BCUT2D eigenvalue weighted by Gasteiger charge is -2.18. The molecule has 418 valence electrons. The highest BCUT2D eigenvalue weighted by molar-refractivity contribution is 5.71. The number of esters is 3. The van der Waals surface area contributed by atoms with Crippen molar-refractivity contribution < 1.29 is 28.6 Å². The Morgan fingerprint density at radius 3 is 0.849 bits per heavy atom. The van der Waals surface area contributed by atoms with Gasteiger partial charge in [0.25, 0.3) is 0 Å². The zero-order valence-corrected chi connectivity index (χ0v) is 47.9. The SMILES string of the molecule is CC/C=C\C/C=C\C/C=C\CCCCCCCC(=O)OC(COC(=O)CCCCC/C=C\C/C=C\C/C=C\CC)COC(=O)CCCCCCCCCCCCCCCCC/C=C\C/C=C\CCCCCCC. The fourth-order valence-corrected chi connectivity index (χ4v) is 8.50. The van der Waals surface area contributed by atoms with Gasteiger partial charge in [-0.15, -0.1) is 0 Å². The molecule has 6 heteroatoms. The van der Waals surface area contributed by atoms with E-state index in [0.29, 0.717) is 19.3 Å². The van der Waals surface area contributed by atoms with Crippen molar-refractivity contribution in [3.8, 4) is 0 Å². The van der Waals surface area contributed by atoms with Crippen molar-refractivity contribution in [1.29, 1.82) is 0 Å². The van der Waals surface area contributed by atoms with Crippen molar-refractivity contribution in [1.82, 2.24) is 0 Å². The molecule has 0 saturated carbocycles. The molecule has 0 aliphatic rings. The molecule has 6 nitrogen and oxygen atoms in total. The first kappa shape index (κ1) is 69.3. The molecule has 0 amide bonds. The Morgan fingerprint density at radius 1 is 0.288 bits per heavy atom. The summed E-state index contributed by atoms with van der Waals surface area (Å²) in [6.07, 6.45) is 81.4. The van der Waals surface area contributed by atoms with Gasteiger partial charge in [-0.2, -0.15) is 0 Å². The Bertz CT molecular complexity index is 1440. The van der Waals surface area contributed by atoms with Gasteiger partial charge in [0, 0.05) is 19.3 Å². The quantitative estimate of drug-likeness (QED) is 0.0261. The number of unbranched alkanes of at least 4 members (excludes halogenated alkanes) is 28. The highest BCUT2D eigenvalue weighted by Gasteiger charge is 2.19. The molecule has 0 N–H and O–H groups in total. The van der Waals surface area contributed by atoms with Crippen LogP contribution in [-0.4, -0.2) is 37.2 Å². The Balaban J connectivity index is 4.27. The minimum absolute atomic E-state index is 0.0936. The molecule has 0 aliphatic heterocycles. The van der Waals surface area contributed by atoms with Crippen LogP contribution < -0.4 is 0 Å². The lowest BCUT2D eigenvalue weighted by atomic mass is 10.0. The van der Waals surface area contributed by atoms with Crippen LogP contribution in [0, 0.1) is 0 Å². The van der Waals surface area contributed by atoms with Gasteiger partial charge in [0.2, 0.25) is 0 Å². The highest BCUT2D eigenvalue weighted by atomic mass is 16.6. The smallest absolute Gasteiger partial charge is 0.306 e. The number of carbonyl (C=O) groups is 3. The van der Waals surface area contributed by atoms with E-state index >= 15 is 0 Å². The van der Waals surface area contributed by atoms with Crippen molar-refractivity contribution in [2.45, 2.75) is 297 Å². The monoisotopic (exact) mass is 1010 g/mol. The van der Waals surface area contributed by atoms with Gasteiger partial charge in [-0.3, -0.25) is 14.4 Å². The summed E-state index contributed by atoms with van der Waals surface area (Å²) in [5, 5.41) is 0. The maximum atomic E-state index is 12.9. The van der Waals surface area contributed by atoms with E-state index in [1.165, 1.54) is 122 Å². The van der Waals surface area contributed by atoms with Gasteiger partial charge in [-0.05, 0) is 116 Å². The second-order valence-corrected chi connectivity index (χ2v) is 20.2. The van der Waals surface area contributed by atoms with Crippen LogP contribution >= 0.6 is 0 Å². The largest absolute Gasteiger partial charge is 0.462 e. The maximum Gasteiger partial charge on any atom is 0.306 e. The average molecular weight is 1020 g/mol. The van der Waals surface area contributed by atoms with Gasteiger partial charge in [0.15, 0.2) is 6.10 Å². The molecule has 0 aromatic heterocycles. The minimum Gasteiger partial charge on any atom is -0.462 e. The first-order valence-corrected chi connectivity index (χ1v) is 30.7. The molecule has 0 aromatic rings. The first-order chi connectivity index (χ1) is 36.0. The van der Waals surface area contributed by atoms with Gasteiger partial charge in [-0.25, -0.2) is 0 Å². The maximum absolute atomic E-state index is 12.9. The second kappa shape index (κ2) is 60.9. The van der Waals surface area contributed by atoms with Crippen LogP contribution in [-0.2, 0) is 28.6 Å². The molecule has 1 unspecified atom stereocenters. The van der Waals surface area contributed by atoms with Gasteiger partial charge < -0.3 is 14.2 Å². The van der Waals surface area contributed by atoms with Crippen molar-refractivity contribution in [2.75, 3.05) is 13.2 Å². The van der Waals surface area contributed by atoms with E-state index in [1.807, 2.05) is 0 Å².